The average Bonchev–Trinajstić information content (AvgIpc) is 3.49. The van der Waals surface area contributed by atoms with Crippen molar-refractivity contribution in [1.82, 2.24) is 14.6 Å². The van der Waals surface area contributed by atoms with Crippen molar-refractivity contribution >= 4 is 34.6 Å². The smallest absolute Gasteiger partial charge is 0.224 e. The lowest BCUT2D eigenvalue weighted by Gasteiger charge is -2.25. The SMILES string of the molecule is N#Cc1cnn2c3cc(nc12)N1CC(CC1CO)OCC=CCOc1cc(cc2c1NC(=O)CC2)N3. The van der Waals surface area contributed by atoms with Crippen molar-refractivity contribution in [3.05, 3.63) is 47.7 Å². The Balaban J connectivity index is 1.49. The molecule has 1 saturated heterocycles. The van der Waals surface area contributed by atoms with Gasteiger partial charge in [-0.15, -0.1) is 0 Å². The van der Waals surface area contributed by atoms with E-state index in [2.05, 4.69) is 21.8 Å². The first-order valence-electron chi connectivity index (χ1n) is 11.9. The van der Waals surface area contributed by atoms with E-state index in [1.807, 2.05) is 35.3 Å². The fourth-order valence-electron chi connectivity index (χ4n) is 4.98. The second kappa shape index (κ2) is 9.14. The number of anilines is 4. The molecule has 3 aliphatic rings. The van der Waals surface area contributed by atoms with Crippen LogP contribution >= 0.6 is 0 Å². The van der Waals surface area contributed by atoms with Crippen LogP contribution in [0.2, 0.25) is 0 Å². The maximum atomic E-state index is 12.1. The summed E-state index contributed by atoms with van der Waals surface area (Å²) in [5, 5.41) is 30.4. The summed E-state index contributed by atoms with van der Waals surface area (Å²) in [5.41, 5.74) is 3.18. The van der Waals surface area contributed by atoms with E-state index in [4.69, 9.17) is 14.5 Å². The number of fused-ring (bicyclic) bond motifs is 11. The van der Waals surface area contributed by atoms with E-state index in [9.17, 15) is 15.2 Å². The number of nitriles is 1. The summed E-state index contributed by atoms with van der Waals surface area (Å²) in [4.78, 5) is 18.8. The van der Waals surface area contributed by atoms with Crippen LogP contribution in [-0.4, -0.2) is 64.1 Å². The van der Waals surface area contributed by atoms with E-state index in [1.54, 1.807) is 4.52 Å². The third kappa shape index (κ3) is 4.00. The van der Waals surface area contributed by atoms with Crippen molar-refractivity contribution in [3.8, 4) is 11.8 Å². The molecule has 6 rings (SSSR count). The maximum absolute atomic E-state index is 12.1. The molecule has 0 spiro atoms. The zero-order valence-corrected chi connectivity index (χ0v) is 19.5. The fraction of sp³-hybridized carbons (Fsp3) is 0.360. The van der Waals surface area contributed by atoms with Crippen LogP contribution in [0.1, 0.15) is 24.0 Å². The molecule has 5 heterocycles. The molecule has 3 aliphatic heterocycles. The molecule has 184 valence electrons. The number of hydrogen-bond donors (Lipinski definition) is 3. The summed E-state index contributed by atoms with van der Waals surface area (Å²) < 4.78 is 13.7. The summed E-state index contributed by atoms with van der Waals surface area (Å²) in [6, 6.07) is 7.68. The molecule has 2 aromatic heterocycles. The summed E-state index contributed by atoms with van der Waals surface area (Å²) in [5.74, 6) is 1.75. The number of aliphatic hydroxyl groups is 1. The Kier molecular flexibility index (Phi) is 5.67. The highest BCUT2D eigenvalue weighted by molar-refractivity contribution is 5.96. The lowest BCUT2D eigenvalue weighted by atomic mass is 10.0. The maximum Gasteiger partial charge on any atom is 0.224 e. The number of rotatable bonds is 1. The van der Waals surface area contributed by atoms with E-state index in [-0.39, 0.29) is 24.7 Å². The molecule has 11 nitrogen and oxygen atoms in total. The normalized spacial score (nSPS) is 21.3. The van der Waals surface area contributed by atoms with Gasteiger partial charge in [-0.25, -0.2) is 4.98 Å². The van der Waals surface area contributed by atoms with Crippen LogP contribution in [-0.2, 0) is 16.0 Å². The van der Waals surface area contributed by atoms with Gasteiger partial charge in [0.2, 0.25) is 5.91 Å². The first-order chi connectivity index (χ1) is 17.6. The summed E-state index contributed by atoms with van der Waals surface area (Å²) >= 11 is 0. The van der Waals surface area contributed by atoms with E-state index >= 15 is 0 Å². The van der Waals surface area contributed by atoms with E-state index in [0.29, 0.717) is 73.3 Å². The van der Waals surface area contributed by atoms with Gasteiger partial charge in [0.05, 0.1) is 37.2 Å². The number of hydrogen-bond acceptors (Lipinski definition) is 9. The zero-order chi connectivity index (χ0) is 24.6. The minimum Gasteiger partial charge on any atom is -0.487 e. The van der Waals surface area contributed by atoms with Crippen molar-refractivity contribution in [3.63, 3.8) is 0 Å². The first-order valence-corrected chi connectivity index (χ1v) is 11.9. The molecule has 11 heteroatoms. The topological polar surface area (TPSA) is 137 Å². The number of aliphatic hydroxyl groups excluding tert-OH is 1. The number of ether oxygens (including phenoxy) is 2. The van der Waals surface area contributed by atoms with Gasteiger partial charge >= 0.3 is 0 Å². The van der Waals surface area contributed by atoms with Crippen LogP contribution in [0.15, 0.2) is 36.5 Å². The number of carbonyl (C=O) groups is 1. The van der Waals surface area contributed by atoms with Gasteiger partial charge in [0, 0.05) is 30.8 Å². The van der Waals surface area contributed by atoms with Crippen LogP contribution < -0.4 is 20.3 Å². The Labute approximate surface area is 206 Å². The van der Waals surface area contributed by atoms with E-state index in [1.165, 1.54) is 6.20 Å². The minimum absolute atomic E-state index is 0.0383. The van der Waals surface area contributed by atoms with E-state index in [0.717, 1.165) is 11.3 Å². The number of aryl methyl sites for hydroxylation is 1. The van der Waals surface area contributed by atoms with Crippen LogP contribution in [0.5, 0.6) is 5.75 Å². The predicted octanol–water partition coefficient (Wildman–Crippen LogP) is 2.13. The van der Waals surface area contributed by atoms with Crippen LogP contribution in [0.3, 0.4) is 0 Å². The number of nitrogens with zero attached hydrogens (tertiary/aromatic N) is 5. The van der Waals surface area contributed by atoms with Gasteiger partial charge in [-0.05, 0) is 30.5 Å². The minimum atomic E-state index is -0.159. The zero-order valence-electron chi connectivity index (χ0n) is 19.5. The Morgan fingerprint density at radius 3 is 2.94 bits per heavy atom. The highest BCUT2D eigenvalue weighted by atomic mass is 16.5. The molecule has 2 atom stereocenters. The molecule has 6 bridgehead atoms. The number of nitrogens with one attached hydrogen (secondary N) is 2. The fourth-order valence-corrected chi connectivity index (χ4v) is 4.98. The molecule has 36 heavy (non-hydrogen) atoms. The van der Waals surface area contributed by atoms with Gasteiger partial charge in [-0.1, -0.05) is 6.08 Å². The molecular weight excluding hydrogens is 462 g/mol. The second-order valence-corrected chi connectivity index (χ2v) is 9.05. The second-order valence-electron chi connectivity index (χ2n) is 9.05. The van der Waals surface area contributed by atoms with Gasteiger partial charge in [0.25, 0.3) is 0 Å². The summed E-state index contributed by atoms with van der Waals surface area (Å²) in [6.45, 7) is 1.26. The van der Waals surface area contributed by atoms with Gasteiger partial charge in [0.1, 0.15) is 35.6 Å². The Bertz CT molecular complexity index is 1410. The largest absolute Gasteiger partial charge is 0.487 e. The number of aromatic nitrogens is 3. The first kappa shape index (κ1) is 22.3. The molecule has 0 saturated carbocycles. The molecule has 1 aromatic carbocycles. The highest BCUT2D eigenvalue weighted by Gasteiger charge is 2.34. The van der Waals surface area contributed by atoms with Gasteiger partial charge in [-0.2, -0.15) is 14.9 Å². The van der Waals surface area contributed by atoms with Crippen molar-refractivity contribution in [2.24, 2.45) is 0 Å². The standard InChI is InChI=1S/C25H25N7O4/c26-11-16-12-27-32-22-10-21(29-25(16)32)31-13-19(9-18(31)14-33)35-5-1-2-6-36-20-8-17(28-22)7-15-3-4-23(34)30-24(15)20/h1-2,7-8,10,12,18-19,28,33H,3-6,9,13-14H2,(H,30,34). The van der Waals surface area contributed by atoms with Crippen molar-refractivity contribution in [2.45, 2.75) is 31.4 Å². The molecule has 1 fully saturated rings. The van der Waals surface area contributed by atoms with E-state index < -0.39 is 0 Å². The Hall–Kier alpha value is -4.14. The third-order valence-corrected chi connectivity index (χ3v) is 6.73. The summed E-state index contributed by atoms with van der Waals surface area (Å²) in [6.07, 6.45) is 6.87. The number of benzene rings is 1. The van der Waals surface area contributed by atoms with Crippen molar-refractivity contribution < 1.29 is 19.4 Å². The van der Waals surface area contributed by atoms with Crippen LogP contribution in [0, 0.1) is 11.3 Å². The molecule has 2 unspecified atom stereocenters. The van der Waals surface area contributed by atoms with Crippen molar-refractivity contribution in [1.29, 1.82) is 5.26 Å². The highest BCUT2D eigenvalue weighted by Crippen LogP contribution is 2.38. The molecular formula is C25H25N7O4. The van der Waals surface area contributed by atoms with Crippen molar-refractivity contribution in [2.75, 3.05) is 41.9 Å². The van der Waals surface area contributed by atoms with Gasteiger partial charge in [-0.3, -0.25) is 4.79 Å². The molecule has 0 radical (unpaired) electrons. The van der Waals surface area contributed by atoms with Gasteiger partial charge in [0.15, 0.2) is 5.65 Å². The van der Waals surface area contributed by atoms with Crippen LogP contribution in [0.4, 0.5) is 23.0 Å². The monoisotopic (exact) mass is 487 g/mol. The predicted molar refractivity (Wildman–Crippen MR) is 132 cm³/mol. The Morgan fingerprint density at radius 2 is 2.08 bits per heavy atom. The van der Waals surface area contributed by atoms with Crippen LogP contribution in [0.25, 0.3) is 5.65 Å². The Morgan fingerprint density at radius 1 is 1.19 bits per heavy atom. The molecule has 0 aliphatic carbocycles. The molecule has 3 N–H and O–H groups in total. The number of amides is 1. The third-order valence-electron chi connectivity index (χ3n) is 6.73. The lowest BCUT2D eigenvalue weighted by molar-refractivity contribution is -0.116. The molecule has 1 amide bonds. The lowest BCUT2D eigenvalue weighted by Crippen LogP contribution is -2.33. The average molecular weight is 488 g/mol. The number of carbonyl (C=O) groups excluding carboxylic acids is 1. The summed E-state index contributed by atoms with van der Waals surface area (Å²) in [7, 11) is 0. The van der Waals surface area contributed by atoms with Gasteiger partial charge < -0.3 is 30.1 Å². The molecule has 3 aromatic rings. The quantitative estimate of drug-likeness (QED) is 0.441.